The standard InChI is InChI=1S/C27H24ClN3O2/c1-2-33-23-15-9-19(10-16-23)26-25-8-5-17-30(25)24-7-4-3-6-20(24)18-31(26)27(32)29-22-13-11-21(28)12-14-22/h3-17,26H,2,18H2,1H3,(H,29,32)/t26-/m1/s1. The van der Waals surface area contributed by atoms with Crippen LogP contribution in [0.4, 0.5) is 10.5 Å². The number of hydrogen-bond acceptors (Lipinski definition) is 2. The summed E-state index contributed by atoms with van der Waals surface area (Å²) in [6.07, 6.45) is 2.05. The summed E-state index contributed by atoms with van der Waals surface area (Å²) in [4.78, 5) is 15.5. The number of halogens is 1. The molecule has 0 unspecified atom stereocenters. The molecule has 0 radical (unpaired) electrons. The summed E-state index contributed by atoms with van der Waals surface area (Å²) in [6.45, 7) is 3.04. The number of benzene rings is 3. The number of nitrogens with zero attached hydrogens (tertiary/aromatic N) is 2. The van der Waals surface area contributed by atoms with Gasteiger partial charge in [0.05, 0.1) is 24.9 Å². The van der Waals surface area contributed by atoms with Crippen LogP contribution >= 0.6 is 11.6 Å². The molecule has 1 aliphatic heterocycles. The van der Waals surface area contributed by atoms with Crippen LogP contribution in [-0.4, -0.2) is 22.1 Å². The van der Waals surface area contributed by atoms with Crippen LogP contribution in [0, 0.1) is 0 Å². The van der Waals surface area contributed by atoms with E-state index in [9.17, 15) is 4.79 Å². The Morgan fingerprint density at radius 2 is 1.76 bits per heavy atom. The zero-order valence-corrected chi connectivity index (χ0v) is 19.0. The summed E-state index contributed by atoms with van der Waals surface area (Å²) < 4.78 is 7.80. The number of hydrogen-bond donors (Lipinski definition) is 1. The molecule has 3 aromatic carbocycles. The van der Waals surface area contributed by atoms with Crippen molar-refractivity contribution in [3.63, 3.8) is 0 Å². The largest absolute Gasteiger partial charge is 0.494 e. The van der Waals surface area contributed by atoms with Crippen LogP contribution < -0.4 is 10.1 Å². The highest BCUT2D eigenvalue weighted by Gasteiger charge is 2.33. The summed E-state index contributed by atoms with van der Waals surface area (Å²) in [5, 5.41) is 3.67. The summed E-state index contributed by atoms with van der Waals surface area (Å²) in [5.74, 6) is 0.811. The van der Waals surface area contributed by atoms with Crippen LogP contribution in [0.2, 0.25) is 5.02 Å². The lowest BCUT2D eigenvalue weighted by molar-refractivity contribution is 0.194. The zero-order valence-electron chi connectivity index (χ0n) is 18.2. The van der Waals surface area contributed by atoms with E-state index in [0.717, 1.165) is 28.3 Å². The third kappa shape index (κ3) is 4.20. The molecule has 166 valence electrons. The fourth-order valence-electron chi connectivity index (χ4n) is 4.33. The normalized spacial score (nSPS) is 14.7. The van der Waals surface area contributed by atoms with Gasteiger partial charge in [0.15, 0.2) is 0 Å². The van der Waals surface area contributed by atoms with Crippen molar-refractivity contribution in [3.8, 4) is 11.4 Å². The van der Waals surface area contributed by atoms with Crippen LogP contribution in [0.15, 0.2) is 91.1 Å². The second kappa shape index (κ2) is 9.04. The van der Waals surface area contributed by atoms with Gasteiger partial charge in [0, 0.05) is 22.6 Å². The van der Waals surface area contributed by atoms with Crippen molar-refractivity contribution in [1.29, 1.82) is 0 Å². The van der Waals surface area contributed by atoms with Gasteiger partial charge in [0.2, 0.25) is 0 Å². The molecule has 1 aromatic heterocycles. The van der Waals surface area contributed by atoms with Gasteiger partial charge in [-0.15, -0.1) is 0 Å². The summed E-state index contributed by atoms with van der Waals surface area (Å²) in [5.41, 5.74) is 4.89. The lowest BCUT2D eigenvalue weighted by Gasteiger charge is -2.31. The summed E-state index contributed by atoms with van der Waals surface area (Å²) in [6, 6.07) is 27.0. The van der Waals surface area contributed by atoms with Gasteiger partial charge in [-0.25, -0.2) is 4.79 Å². The van der Waals surface area contributed by atoms with Gasteiger partial charge in [-0.1, -0.05) is 41.9 Å². The van der Waals surface area contributed by atoms with Crippen molar-refractivity contribution in [1.82, 2.24) is 9.47 Å². The third-order valence-electron chi connectivity index (χ3n) is 5.83. The second-order valence-corrected chi connectivity index (χ2v) is 8.34. The molecule has 2 amide bonds. The molecule has 0 saturated carbocycles. The number of fused-ring (bicyclic) bond motifs is 3. The number of carbonyl (C=O) groups excluding carboxylic acids is 1. The average Bonchev–Trinajstić information content (AvgIpc) is 3.26. The number of rotatable bonds is 4. The highest BCUT2D eigenvalue weighted by atomic mass is 35.5. The van der Waals surface area contributed by atoms with E-state index in [-0.39, 0.29) is 12.1 Å². The van der Waals surface area contributed by atoms with Gasteiger partial charge < -0.3 is 19.5 Å². The molecular weight excluding hydrogens is 434 g/mol. The number of amides is 2. The second-order valence-electron chi connectivity index (χ2n) is 7.90. The molecule has 2 heterocycles. The molecule has 33 heavy (non-hydrogen) atoms. The van der Waals surface area contributed by atoms with Gasteiger partial charge >= 0.3 is 6.03 Å². The Balaban J connectivity index is 1.59. The maximum atomic E-state index is 13.6. The molecular formula is C27H24ClN3O2. The Kier molecular flexibility index (Phi) is 5.80. The lowest BCUT2D eigenvalue weighted by atomic mass is 10.0. The van der Waals surface area contributed by atoms with Crippen molar-refractivity contribution in [3.05, 3.63) is 113 Å². The lowest BCUT2D eigenvalue weighted by Crippen LogP contribution is -2.37. The number of para-hydroxylation sites is 1. The SMILES string of the molecule is CCOc1ccc([C@@H]2c3cccn3-c3ccccc3CN2C(=O)Nc2ccc(Cl)cc2)cc1. The van der Waals surface area contributed by atoms with E-state index in [4.69, 9.17) is 16.3 Å². The molecule has 6 heteroatoms. The van der Waals surface area contributed by atoms with Crippen LogP contribution in [0.25, 0.3) is 5.69 Å². The van der Waals surface area contributed by atoms with Crippen LogP contribution in [0.5, 0.6) is 5.75 Å². The predicted molar refractivity (Wildman–Crippen MR) is 131 cm³/mol. The van der Waals surface area contributed by atoms with Crippen LogP contribution in [0.3, 0.4) is 0 Å². The molecule has 1 aliphatic rings. The first-order valence-electron chi connectivity index (χ1n) is 11.0. The smallest absolute Gasteiger partial charge is 0.322 e. The van der Waals surface area contributed by atoms with E-state index < -0.39 is 0 Å². The summed E-state index contributed by atoms with van der Waals surface area (Å²) in [7, 11) is 0. The van der Waals surface area contributed by atoms with Gasteiger partial charge in [0.25, 0.3) is 0 Å². The van der Waals surface area contributed by atoms with Gasteiger partial charge in [-0.2, -0.15) is 0 Å². The van der Waals surface area contributed by atoms with E-state index in [1.54, 1.807) is 24.3 Å². The average molecular weight is 458 g/mol. The Hall–Kier alpha value is -3.70. The molecule has 0 aliphatic carbocycles. The van der Waals surface area contributed by atoms with Crippen molar-refractivity contribution in [2.24, 2.45) is 0 Å². The maximum absolute atomic E-state index is 13.6. The van der Waals surface area contributed by atoms with Crippen LogP contribution in [-0.2, 0) is 6.54 Å². The summed E-state index contributed by atoms with van der Waals surface area (Å²) >= 11 is 6.02. The number of nitrogens with one attached hydrogen (secondary N) is 1. The molecule has 5 rings (SSSR count). The number of ether oxygens (including phenoxy) is 1. The van der Waals surface area contributed by atoms with E-state index in [2.05, 4.69) is 34.3 Å². The van der Waals surface area contributed by atoms with E-state index in [0.29, 0.717) is 23.9 Å². The molecule has 1 atom stereocenters. The first-order valence-corrected chi connectivity index (χ1v) is 11.3. The van der Waals surface area contributed by atoms with Crippen molar-refractivity contribution in [2.45, 2.75) is 19.5 Å². The fourth-order valence-corrected chi connectivity index (χ4v) is 4.46. The first-order chi connectivity index (χ1) is 16.1. The molecule has 1 N–H and O–H groups in total. The molecule has 0 saturated heterocycles. The van der Waals surface area contributed by atoms with Gasteiger partial charge in [0.1, 0.15) is 5.75 Å². The minimum atomic E-state index is -0.282. The monoisotopic (exact) mass is 457 g/mol. The molecule has 0 fully saturated rings. The number of carbonyl (C=O) groups is 1. The topological polar surface area (TPSA) is 46.5 Å². The van der Waals surface area contributed by atoms with Crippen molar-refractivity contribution in [2.75, 3.05) is 11.9 Å². The highest BCUT2D eigenvalue weighted by molar-refractivity contribution is 6.30. The zero-order chi connectivity index (χ0) is 22.8. The Morgan fingerprint density at radius 1 is 1.00 bits per heavy atom. The van der Waals surface area contributed by atoms with E-state index >= 15 is 0 Å². The number of anilines is 1. The van der Waals surface area contributed by atoms with Gasteiger partial charge in [-0.05, 0) is 72.6 Å². The Morgan fingerprint density at radius 3 is 2.52 bits per heavy atom. The van der Waals surface area contributed by atoms with Crippen LogP contribution in [0.1, 0.15) is 29.8 Å². The highest BCUT2D eigenvalue weighted by Crippen LogP contribution is 2.37. The van der Waals surface area contributed by atoms with Gasteiger partial charge in [-0.3, -0.25) is 0 Å². The first kappa shape index (κ1) is 21.2. The van der Waals surface area contributed by atoms with Crippen molar-refractivity contribution < 1.29 is 9.53 Å². The van der Waals surface area contributed by atoms with E-state index in [1.807, 2.05) is 54.3 Å². The Bertz CT molecular complexity index is 1270. The Labute approximate surface area is 198 Å². The minimum absolute atomic E-state index is 0.180. The molecule has 4 aromatic rings. The predicted octanol–water partition coefficient (Wildman–Crippen LogP) is 6.67. The quantitative estimate of drug-likeness (QED) is 0.372. The molecule has 0 spiro atoms. The number of aromatic nitrogens is 1. The third-order valence-corrected chi connectivity index (χ3v) is 6.08. The maximum Gasteiger partial charge on any atom is 0.322 e. The molecule has 0 bridgehead atoms. The van der Waals surface area contributed by atoms with Crippen molar-refractivity contribution >= 4 is 23.3 Å². The molecule has 5 nitrogen and oxygen atoms in total. The number of urea groups is 1. The van der Waals surface area contributed by atoms with E-state index in [1.165, 1.54) is 0 Å². The fraction of sp³-hybridized carbons (Fsp3) is 0.148. The minimum Gasteiger partial charge on any atom is -0.494 e.